The van der Waals surface area contributed by atoms with E-state index in [0.29, 0.717) is 23.4 Å². The molecule has 1 aliphatic carbocycles. The molecule has 144 valence electrons. The second-order valence-electron chi connectivity index (χ2n) is 6.57. The monoisotopic (exact) mass is 391 g/mol. The SMILES string of the molecule is CC(OC(=O)CNC(=O)c1ccc(Cl)cc1)C(=O)NC1(C#N)CCCCC1. The molecule has 0 saturated heterocycles. The highest BCUT2D eigenvalue weighted by molar-refractivity contribution is 6.30. The number of halogens is 1. The Labute approximate surface area is 163 Å². The van der Waals surface area contributed by atoms with Gasteiger partial charge in [0.1, 0.15) is 12.1 Å². The van der Waals surface area contributed by atoms with Gasteiger partial charge in [0.05, 0.1) is 6.07 Å². The predicted molar refractivity (Wildman–Crippen MR) is 98.9 cm³/mol. The van der Waals surface area contributed by atoms with E-state index in [1.54, 1.807) is 12.1 Å². The Bertz CT molecular complexity index is 736. The van der Waals surface area contributed by atoms with Crippen LogP contribution < -0.4 is 10.6 Å². The maximum absolute atomic E-state index is 12.3. The Morgan fingerprint density at radius 2 is 1.85 bits per heavy atom. The highest BCUT2D eigenvalue weighted by atomic mass is 35.5. The first-order valence-corrected chi connectivity index (χ1v) is 9.19. The smallest absolute Gasteiger partial charge is 0.326 e. The molecule has 1 aromatic rings. The molecule has 1 unspecified atom stereocenters. The van der Waals surface area contributed by atoms with E-state index in [-0.39, 0.29) is 6.54 Å². The van der Waals surface area contributed by atoms with Gasteiger partial charge in [0.2, 0.25) is 0 Å². The van der Waals surface area contributed by atoms with Crippen LogP contribution in [0.4, 0.5) is 0 Å². The molecule has 0 aromatic heterocycles. The quantitative estimate of drug-likeness (QED) is 0.723. The van der Waals surface area contributed by atoms with Gasteiger partial charge in [-0.2, -0.15) is 5.26 Å². The summed E-state index contributed by atoms with van der Waals surface area (Å²) in [6.45, 7) is 1.06. The van der Waals surface area contributed by atoms with Crippen molar-refractivity contribution in [2.45, 2.75) is 50.7 Å². The topological polar surface area (TPSA) is 108 Å². The molecule has 1 fully saturated rings. The number of carbonyl (C=O) groups is 3. The van der Waals surface area contributed by atoms with Crippen LogP contribution in [0.1, 0.15) is 49.4 Å². The Hall–Kier alpha value is -2.59. The van der Waals surface area contributed by atoms with E-state index < -0.39 is 29.4 Å². The summed E-state index contributed by atoms with van der Waals surface area (Å²) in [4.78, 5) is 36.1. The fourth-order valence-corrected chi connectivity index (χ4v) is 3.03. The van der Waals surface area contributed by atoms with Gasteiger partial charge < -0.3 is 15.4 Å². The number of rotatable bonds is 6. The van der Waals surface area contributed by atoms with Gasteiger partial charge in [-0.1, -0.05) is 30.9 Å². The molecule has 2 rings (SSSR count). The molecule has 1 saturated carbocycles. The first-order chi connectivity index (χ1) is 12.8. The average molecular weight is 392 g/mol. The third kappa shape index (κ3) is 5.97. The van der Waals surface area contributed by atoms with Crippen LogP contribution in [-0.2, 0) is 14.3 Å². The lowest BCUT2D eigenvalue weighted by molar-refractivity contribution is -0.154. The number of hydrogen-bond donors (Lipinski definition) is 2. The van der Waals surface area contributed by atoms with Gasteiger partial charge in [-0.3, -0.25) is 14.4 Å². The second kappa shape index (κ2) is 9.38. The number of nitriles is 1. The Kier molecular flexibility index (Phi) is 7.19. The van der Waals surface area contributed by atoms with Crippen molar-refractivity contribution in [1.82, 2.24) is 10.6 Å². The number of carbonyl (C=O) groups excluding carboxylic acids is 3. The van der Waals surface area contributed by atoms with Gasteiger partial charge in [-0.15, -0.1) is 0 Å². The summed E-state index contributed by atoms with van der Waals surface area (Å²) in [6, 6.07) is 8.38. The van der Waals surface area contributed by atoms with Crippen LogP contribution in [0.3, 0.4) is 0 Å². The fourth-order valence-electron chi connectivity index (χ4n) is 2.91. The minimum atomic E-state index is -1.06. The van der Waals surface area contributed by atoms with Crippen molar-refractivity contribution in [2.24, 2.45) is 0 Å². The first-order valence-electron chi connectivity index (χ1n) is 8.82. The number of esters is 1. The van der Waals surface area contributed by atoms with Gasteiger partial charge in [0, 0.05) is 10.6 Å². The van der Waals surface area contributed by atoms with Gasteiger partial charge in [-0.25, -0.2) is 0 Å². The number of amides is 2. The van der Waals surface area contributed by atoms with Crippen molar-refractivity contribution in [1.29, 1.82) is 5.26 Å². The lowest BCUT2D eigenvalue weighted by Crippen LogP contribution is -2.52. The summed E-state index contributed by atoms with van der Waals surface area (Å²) in [6.07, 6.45) is 2.91. The standard InChI is InChI=1S/C19H22ClN3O4/c1-13(17(25)23-19(12-21)9-3-2-4-10-19)27-16(24)11-22-18(26)14-5-7-15(20)8-6-14/h5-8,13H,2-4,9-11H2,1H3,(H,22,26)(H,23,25). The Balaban J connectivity index is 1.80. The van der Waals surface area contributed by atoms with E-state index >= 15 is 0 Å². The highest BCUT2D eigenvalue weighted by Gasteiger charge is 2.35. The summed E-state index contributed by atoms with van der Waals surface area (Å²) in [5, 5.41) is 15.0. The second-order valence-corrected chi connectivity index (χ2v) is 7.00. The highest BCUT2D eigenvalue weighted by Crippen LogP contribution is 2.27. The number of benzene rings is 1. The first kappa shape index (κ1) is 20.7. The van der Waals surface area contributed by atoms with E-state index in [0.717, 1.165) is 19.3 Å². The lowest BCUT2D eigenvalue weighted by Gasteiger charge is -2.32. The molecule has 0 aliphatic heterocycles. The number of nitrogens with one attached hydrogen (secondary N) is 2. The minimum Gasteiger partial charge on any atom is -0.451 e. The van der Waals surface area contributed by atoms with Crippen molar-refractivity contribution < 1.29 is 19.1 Å². The number of hydrogen-bond acceptors (Lipinski definition) is 5. The lowest BCUT2D eigenvalue weighted by atomic mass is 9.83. The number of nitrogens with zero attached hydrogens (tertiary/aromatic N) is 1. The van der Waals surface area contributed by atoms with Gasteiger partial charge in [0.25, 0.3) is 11.8 Å². The normalized spacial score (nSPS) is 16.5. The van der Waals surface area contributed by atoms with Crippen LogP contribution in [0.25, 0.3) is 0 Å². The third-order valence-corrected chi connectivity index (χ3v) is 4.71. The van der Waals surface area contributed by atoms with Crippen LogP contribution in [0.15, 0.2) is 24.3 Å². The molecule has 2 N–H and O–H groups in total. The summed E-state index contributed by atoms with van der Waals surface area (Å²) in [5.74, 6) is -1.71. The summed E-state index contributed by atoms with van der Waals surface area (Å²) in [7, 11) is 0. The van der Waals surface area contributed by atoms with Crippen LogP contribution in [-0.4, -0.2) is 36.0 Å². The molecule has 1 atom stereocenters. The predicted octanol–water partition coefficient (Wildman–Crippen LogP) is 2.34. The summed E-state index contributed by atoms with van der Waals surface area (Å²) in [5.41, 5.74) is -0.537. The molecule has 0 spiro atoms. The molecule has 0 bridgehead atoms. The van der Waals surface area contributed by atoms with Gasteiger partial charge >= 0.3 is 5.97 Å². The Morgan fingerprint density at radius 3 is 2.44 bits per heavy atom. The zero-order chi connectivity index (χ0) is 19.9. The molecule has 0 radical (unpaired) electrons. The van der Waals surface area contributed by atoms with Crippen LogP contribution in [0.2, 0.25) is 5.02 Å². The van der Waals surface area contributed by atoms with Crippen LogP contribution in [0, 0.1) is 11.3 Å². The summed E-state index contributed by atoms with van der Waals surface area (Å²) < 4.78 is 5.05. The van der Waals surface area contributed by atoms with Crippen molar-refractivity contribution in [3.63, 3.8) is 0 Å². The van der Waals surface area contributed by atoms with Gasteiger partial charge in [0.15, 0.2) is 6.10 Å². The molecule has 1 aromatic carbocycles. The average Bonchev–Trinajstić information content (AvgIpc) is 2.67. The van der Waals surface area contributed by atoms with E-state index in [4.69, 9.17) is 16.3 Å². The fraction of sp³-hybridized carbons (Fsp3) is 0.474. The van der Waals surface area contributed by atoms with E-state index in [1.165, 1.54) is 19.1 Å². The van der Waals surface area contributed by atoms with Crippen molar-refractivity contribution in [3.8, 4) is 6.07 Å². The number of ether oxygens (including phenoxy) is 1. The summed E-state index contributed by atoms with van der Waals surface area (Å²) >= 11 is 5.76. The molecule has 27 heavy (non-hydrogen) atoms. The van der Waals surface area contributed by atoms with Crippen molar-refractivity contribution in [2.75, 3.05) is 6.54 Å². The largest absolute Gasteiger partial charge is 0.451 e. The van der Waals surface area contributed by atoms with E-state index in [9.17, 15) is 19.6 Å². The third-order valence-electron chi connectivity index (χ3n) is 4.46. The van der Waals surface area contributed by atoms with Crippen LogP contribution >= 0.6 is 11.6 Å². The zero-order valence-electron chi connectivity index (χ0n) is 15.1. The molecular weight excluding hydrogens is 370 g/mol. The van der Waals surface area contributed by atoms with E-state index in [2.05, 4.69) is 16.7 Å². The zero-order valence-corrected chi connectivity index (χ0v) is 15.8. The van der Waals surface area contributed by atoms with Crippen LogP contribution in [0.5, 0.6) is 0 Å². The Morgan fingerprint density at radius 1 is 1.22 bits per heavy atom. The molecule has 2 amide bonds. The van der Waals surface area contributed by atoms with E-state index in [1.807, 2.05) is 0 Å². The molecule has 1 aliphatic rings. The van der Waals surface area contributed by atoms with Gasteiger partial charge in [-0.05, 0) is 44.0 Å². The molecular formula is C19H22ClN3O4. The molecule has 7 nitrogen and oxygen atoms in total. The van der Waals surface area contributed by atoms with Crippen molar-refractivity contribution in [3.05, 3.63) is 34.9 Å². The maximum atomic E-state index is 12.3. The van der Waals surface area contributed by atoms with Crippen molar-refractivity contribution >= 4 is 29.4 Å². The maximum Gasteiger partial charge on any atom is 0.326 e. The molecule has 0 heterocycles. The molecule has 8 heteroatoms. The minimum absolute atomic E-state index is 0.353.